The zero-order chi connectivity index (χ0) is 14.9. The third kappa shape index (κ3) is 2.90. The number of hydrogen-bond donors (Lipinski definition) is 1. The molecule has 1 aliphatic heterocycles. The summed E-state index contributed by atoms with van der Waals surface area (Å²) < 4.78 is 27.2. The maximum absolute atomic E-state index is 12.8. The summed E-state index contributed by atoms with van der Waals surface area (Å²) in [4.78, 5) is 0.324. The van der Waals surface area contributed by atoms with Gasteiger partial charge in [0.1, 0.15) is 0 Å². The Morgan fingerprint density at radius 3 is 2.40 bits per heavy atom. The number of benzene rings is 1. The summed E-state index contributed by atoms with van der Waals surface area (Å²) in [5.74, 6) is 0.768. The molecular formula is C15H23NO3S. The van der Waals surface area contributed by atoms with E-state index < -0.39 is 10.0 Å². The Morgan fingerprint density at radius 1 is 1.25 bits per heavy atom. The summed E-state index contributed by atoms with van der Waals surface area (Å²) in [6.07, 6.45) is 1.07. The molecule has 1 heterocycles. The van der Waals surface area contributed by atoms with Gasteiger partial charge in [-0.2, -0.15) is 4.31 Å². The average molecular weight is 297 g/mol. The van der Waals surface area contributed by atoms with Crippen LogP contribution in [-0.4, -0.2) is 30.9 Å². The van der Waals surface area contributed by atoms with Crippen LogP contribution < -0.4 is 0 Å². The van der Waals surface area contributed by atoms with Gasteiger partial charge >= 0.3 is 0 Å². The molecule has 1 saturated heterocycles. The van der Waals surface area contributed by atoms with E-state index in [9.17, 15) is 13.5 Å². The number of piperidine rings is 1. The van der Waals surface area contributed by atoms with Gasteiger partial charge in [-0.1, -0.05) is 26.0 Å². The first-order chi connectivity index (χ1) is 9.36. The molecule has 1 aromatic carbocycles. The first-order valence-electron chi connectivity index (χ1n) is 7.05. The summed E-state index contributed by atoms with van der Waals surface area (Å²) in [6.45, 7) is 6.96. The molecular weight excluding hydrogens is 274 g/mol. The van der Waals surface area contributed by atoms with Gasteiger partial charge in [-0.3, -0.25) is 0 Å². The maximum Gasteiger partial charge on any atom is 0.243 e. The van der Waals surface area contributed by atoms with Crippen molar-refractivity contribution in [2.75, 3.05) is 13.1 Å². The van der Waals surface area contributed by atoms with Crippen LogP contribution in [0.5, 0.6) is 0 Å². The Morgan fingerprint density at radius 2 is 1.85 bits per heavy atom. The Hall–Kier alpha value is -0.910. The maximum atomic E-state index is 12.8. The number of sulfonamides is 1. The summed E-state index contributed by atoms with van der Waals surface area (Å²) >= 11 is 0. The van der Waals surface area contributed by atoms with Crippen molar-refractivity contribution in [2.24, 2.45) is 11.8 Å². The van der Waals surface area contributed by atoms with Crippen molar-refractivity contribution in [3.63, 3.8) is 0 Å². The second-order valence-electron chi connectivity index (χ2n) is 5.97. The van der Waals surface area contributed by atoms with E-state index in [1.54, 1.807) is 29.4 Å². The average Bonchev–Trinajstić information content (AvgIpc) is 2.37. The third-order valence-corrected chi connectivity index (χ3v) is 6.00. The highest BCUT2D eigenvalue weighted by Gasteiger charge is 2.32. The van der Waals surface area contributed by atoms with E-state index in [1.165, 1.54) is 0 Å². The van der Waals surface area contributed by atoms with Gasteiger partial charge in [0.15, 0.2) is 0 Å². The van der Waals surface area contributed by atoms with Gasteiger partial charge in [0, 0.05) is 13.1 Å². The van der Waals surface area contributed by atoms with Crippen molar-refractivity contribution < 1.29 is 13.5 Å². The van der Waals surface area contributed by atoms with Gasteiger partial charge in [0.05, 0.1) is 11.5 Å². The van der Waals surface area contributed by atoms with Gasteiger partial charge in [-0.05, 0) is 42.4 Å². The first kappa shape index (κ1) is 15.5. The van der Waals surface area contributed by atoms with Crippen LogP contribution in [0.25, 0.3) is 0 Å². The second-order valence-corrected chi connectivity index (χ2v) is 7.87. The Bertz CT molecular complexity index is 573. The van der Waals surface area contributed by atoms with Crippen LogP contribution in [0.3, 0.4) is 0 Å². The zero-order valence-corrected chi connectivity index (χ0v) is 13.2. The molecule has 0 bridgehead atoms. The fourth-order valence-electron chi connectivity index (χ4n) is 3.05. The van der Waals surface area contributed by atoms with Crippen LogP contribution in [0.15, 0.2) is 23.1 Å². The van der Waals surface area contributed by atoms with Crippen LogP contribution in [0.1, 0.15) is 31.4 Å². The molecule has 5 heteroatoms. The van der Waals surface area contributed by atoms with Crippen LogP contribution in [-0.2, 0) is 16.6 Å². The van der Waals surface area contributed by atoms with Crippen LogP contribution in [0, 0.1) is 18.8 Å². The quantitative estimate of drug-likeness (QED) is 0.930. The zero-order valence-electron chi connectivity index (χ0n) is 12.3. The molecule has 2 atom stereocenters. The number of rotatable bonds is 3. The van der Waals surface area contributed by atoms with E-state index in [2.05, 4.69) is 13.8 Å². The number of aliphatic hydroxyl groups excluding tert-OH is 1. The second kappa shape index (κ2) is 5.84. The highest BCUT2D eigenvalue weighted by atomic mass is 32.2. The molecule has 0 aliphatic carbocycles. The highest BCUT2D eigenvalue weighted by Crippen LogP contribution is 2.28. The van der Waals surface area contributed by atoms with Crippen molar-refractivity contribution in [2.45, 2.75) is 38.7 Å². The summed E-state index contributed by atoms with van der Waals surface area (Å²) in [5, 5.41) is 9.29. The lowest BCUT2D eigenvalue weighted by Gasteiger charge is -2.34. The van der Waals surface area contributed by atoms with E-state index in [0.29, 0.717) is 40.9 Å². The lowest BCUT2D eigenvalue weighted by Crippen LogP contribution is -2.42. The summed E-state index contributed by atoms with van der Waals surface area (Å²) in [7, 11) is -3.47. The largest absolute Gasteiger partial charge is 0.392 e. The molecule has 0 spiro atoms. The predicted octanol–water partition coefficient (Wildman–Crippen LogP) is 2.15. The van der Waals surface area contributed by atoms with Crippen molar-refractivity contribution in [1.82, 2.24) is 4.31 Å². The molecule has 20 heavy (non-hydrogen) atoms. The SMILES string of the molecule is Cc1c(CO)cccc1S(=O)(=O)N1CC(C)CC(C)C1. The molecule has 112 valence electrons. The minimum atomic E-state index is -3.47. The van der Waals surface area contributed by atoms with Crippen LogP contribution in [0.4, 0.5) is 0 Å². The smallest absolute Gasteiger partial charge is 0.243 e. The number of nitrogens with zero attached hydrogens (tertiary/aromatic N) is 1. The van der Waals surface area contributed by atoms with E-state index in [0.717, 1.165) is 6.42 Å². The number of hydrogen-bond acceptors (Lipinski definition) is 3. The minimum absolute atomic E-state index is 0.137. The number of aliphatic hydroxyl groups is 1. The minimum Gasteiger partial charge on any atom is -0.392 e. The van der Waals surface area contributed by atoms with E-state index in [1.807, 2.05) is 0 Å². The van der Waals surface area contributed by atoms with E-state index in [4.69, 9.17) is 0 Å². The van der Waals surface area contributed by atoms with Gasteiger partial charge in [0.2, 0.25) is 10.0 Å². The normalized spacial score (nSPS) is 24.8. The predicted molar refractivity (Wildman–Crippen MR) is 78.8 cm³/mol. The summed E-state index contributed by atoms with van der Waals surface area (Å²) in [6, 6.07) is 5.09. The molecule has 0 radical (unpaired) electrons. The van der Waals surface area contributed by atoms with Crippen molar-refractivity contribution in [3.8, 4) is 0 Å². The lowest BCUT2D eigenvalue weighted by atomic mass is 9.94. The molecule has 2 unspecified atom stereocenters. The van der Waals surface area contributed by atoms with E-state index in [-0.39, 0.29) is 6.61 Å². The molecule has 1 fully saturated rings. The Labute approximate surface area is 121 Å². The van der Waals surface area contributed by atoms with Crippen LogP contribution in [0.2, 0.25) is 0 Å². The Kier molecular flexibility index (Phi) is 4.52. The van der Waals surface area contributed by atoms with Gasteiger partial charge in [-0.15, -0.1) is 0 Å². The van der Waals surface area contributed by atoms with Crippen molar-refractivity contribution in [1.29, 1.82) is 0 Å². The van der Waals surface area contributed by atoms with Gasteiger partial charge in [-0.25, -0.2) is 8.42 Å². The Balaban J connectivity index is 2.40. The first-order valence-corrected chi connectivity index (χ1v) is 8.49. The highest BCUT2D eigenvalue weighted by molar-refractivity contribution is 7.89. The van der Waals surface area contributed by atoms with Crippen molar-refractivity contribution >= 4 is 10.0 Å². The van der Waals surface area contributed by atoms with Crippen molar-refractivity contribution in [3.05, 3.63) is 29.3 Å². The van der Waals surface area contributed by atoms with Gasteiger partial charge < -0.3 is 5.11 Å². The fraction of sp³-hybridized carbons (Fsp3) is 0.600. The summed E-state index contributed by atoms with van der Waals surface area (Å²) in [5.41, 5.74) is 1.32. The molecule has 0 amide bonds. The molecule has 0 saturated carbocycles. The topological polar surface area (TPSA) is 57.6 Å². The lowest BCUT2D eigenvalue weighted by molar-refractivity contribution is 0.222. The third-order valence-electron chi connectivity index (χ3n) is 4.02. The van der Waals surface area contributed by atoms with E-state index >= 15 is 0 Å². The monoisotopic (exact) mass is 297 g/mol. The molecule has 4 nitrogen and oxygen atoms in total. The fourth-order valence-corrected chi connectivity index (χ4v) is 5.00. The molecule has 2 rings (SSSR count). The molecule has 1 N–H and O–H groups in total. The van der Waals surface area contributed by atoms with Crippen LogP contribution >= 0.6 is 0 Å². The molecule has 0 aromatic heterocycles. The molecule has 1 aromatic rings. The molecule has 1 aliphatic rings. The standard InChI is InChI=1S/C15H23NO3S/c1-11-7-12(2)9-16(8-11)20(18,19)15-6-4-5-14(10-17)13(15)3/h4-6,11-12,17H,7-10H2,1-3H3. The van der Waals surface area contributed by atoms with Gasteiger partial charge in [0.25, 0.3) is 0 Å².